The van der Waals surface area contributed by atoms with Crippen molar-refractivity contribution in [2.75, 3.05) is 0 Å². The molecule has 0 heterocycles. The third kappa shape index (κ3) is 5.79. The van der Waals surface area contributed by atoms with Crippen molar-refractivity contribution in [1.29, 1.82) is 0 Å². The summed E-state index contributed by atoms with van der Waals surface area (Å²) >= 11 is 23.6. The van der Waals surface area contributed by atoms with Crippen molar-refractivity contribution in [2.24, 2.45) is 0 Å². The summed E-state index contributed by atoms with van der Waals surface area (Å²) in [6, 6.07) is 12.6. The first-order chi connectivity index (χ1) is 11.7. The van der Waals surface area contributed by atoms with Crippen molar-refractivity contribution in [3.8, 4) is 5.75 Å². The van der Waals surface area contributed by atoms with Crippen LogP contribution in [0.4, 0.5) is 0 Å². The molecule has 1 atom stereocenters. The molecule has 0 bridgehead atoms. The van der Waals surface area contributed by atoms with Crippen LogP contribution in [0.2, 0.25) is 5.02 Å². The van der Waals surface area contributed by atoms with E-state index in [0.29, 0.717) is 21.9 Å². The van der Waals surface area contributed by atoms with E-state index in [0.717, 1.165) is 0 Å². The molecule has 0 saturated carbocycles. The lowest BCUT2D eigenvalue weighted by Gasteiger charge is -2.26. The van der Waals surface area contributed by atoms with Gasteiger partial charge in [0, 0.05) is 16.1 Å². The van der Waals surface area contributed by atoms with E-state index in [1.807, 2.05) is 0 Å². The van der Waals surface area contributed by atoms with Gasteiger partial charge in [-0.2, -0.15) is 0 Å². The van der Waals surface area contributed by atoms with E-state index in [1.54, 1.807) is 42.5 Å². The van der Waals surface area contributed by atoms with Gasteiger partial charge in [-0.3, -0.25) is 9.59 Å². The number of alkyl halides is 3. The Bertz CT molecular complexity index is 772. The van der Waals surface area contributed by atoms with Crippen molar-refractivity contribution in [2.45, 2.75) is 16.9 Å². The normalized spacial score (nSPS) is 12.4. The zero-order valence-electron chi connectivity index (χ0n) is 12.9. The zero-order chi connectivity index (χ0) is 18.6. The Labute approximate surface area is 165 Å². The molecular formula is C17H13Cl4NO3. The van der Waals surface area contributed by atoms with Crippen LogP contribution in [0.1, 0.15) is 27.6 Å². The highest BCUT2D eigenvalue weighted by molar-refractivity contribution is 6.68. The Morgan fingerprint density at radius 2 is 1.68 bits per heavy atom. The molecule has 8 heteroatoms. The molecule has 2 aromatic carbocycles. The molecule has 0 fully saturated rings. The first-order valence-corrected chi connectivity index (χ1v) is 8.59. The number of rotatable bonds is 5. The van der Waals surface area contributed by atoms with Crippen LogP contribution < -0.4 is 10.1 Å². The van der Waals surface area contributed by atoms with E-state index >= 15 is 0 Å². The molecule has 2 rings (SSSR count). The van der Waals surface area contributed by atoms with E-state index in [4.69, 9.17) is 51.1 Å². The van der Waals surface area contributed by atoms with E-state index < -0.39 is 15.9 Å². The minimum absolute atomic E-state index is 0.0845. The molecule has 25 heavy (non-hydrogen) atoms. The minimum Gasteiger partial charge on any atom is -0.466 e. The summed E-state index contributed by atoms with van der Waals surface area (Å²) in [5.74, 6) is -0.273. The summed E-state index contributed by atoms with van der Waals surface area (Å²) < 4.78 is 3.64. The molecule has 1 amide bonds. The Kier molecular flexibility index (Phi) is 6.58. The SMILES string of the molecule is CC(=O)c1ccc(OC(NC(=O)c2cccc(Cl)c2)C(Cl)(Cl)Cl)cc1. The van der Waals surface area contributed by atoms with Crippen LogP contribution in [0.25, 0.3) is 0 Å². The number of Topliss-reactive ketones (excluding diaryl/α,β-unsaturated/α-hetero) is 1. The van der Waals surface area contributed by atoms with Crippen molar-refractivity contribution in [1.82, 2.24) is 5.32 Å². The van der Waals surface area contributed by atoms with Gasteiger partial charge in [-0.25, -0.2) is 0 Å². The molecule has 0 aliphatic rings. The van der Waals surface area contributed by atoms with Gasteiger partial charge in [0.2, 0.25) is 10.0 Å². The first kappa shape index (κ1) is 19.9. The molecule has 0 saturated heterocycles. The van der Waals surface area contributed by atoms with Gasteiger partial charge in [0.1, 0.15) is 5.75 Å². The second-order valence-electron chi connectivity index (χ2n) is 5.10. The van der Waals surface area contributed by atoms with Crippen LogP contribution in [-0.2, 0) is 0 Å². The Balaban J connectivity index is 2.16. The molecule has 1 N–H and O–H groups in total. The van der Waals surface area contributed by atoms with E-state index in [-0.39, 0.29) is 5.78 Å². The van der Waals surface area contributed by atoms with Crippen LogP contribution in [0.3, 0.4) is 0 Å². The van der Waals surface area contributed by atoms with Gasteiger partial charge in [0.15, 0.2) is 5.78 Å². The Hall–Kier alpha value is -1.46. The molecule has 0 aliphatic carbocycles. The maximum Gasteiger partial charge on any atom is 0.254 e. The molecular weight excluding hydrogens is 408 g/mol. The number of ether oxygens (including phenoxy) is 1. The number of benzene rings is 2. The summed E-state index contributed by atoms with van der Waals surface area (Å²) in [5.41, 5.74) is 0.808. The van der Waals surface area contributed by atoms with Crippen molar-refractivity contribution < 1.29 is 14.3 Å². The number of ketones is 1. The maximum atomic E-state index is 12.3. The second-order valence-corrected chi connectivity index (χ2v) is 7.91. The smallest absolute Gasteiger partial charge is 0.254 e. The largest absolute Gasteiger partial charge is 0.466 e. The van der Waals surface area contributed by atoms with Crippen molar-refractivity contribution in [3.05, 3.63) is 64.7 Å². The fourth-order valence-electron chi connectivity index (χ4n) is 1.91. The zero-order valence-corrected chi connectivity index (χ0v) is 16.0. The number of halogens is 4. The minimum atomic E-state index is -1.92. The predicted octanol–water partition coefficient (Wildman–Crippen LogP) is 5.05. The summed E-state index contributed by atoms with van der Waals surface area (Å²) in [6.07, 6.45) is -1.26. The number of carbonyl (C=O) groups is 2. The highest BCUT2D eigenvalue weighted by Gasteiger charge is 2.36. The lowest BCUT2D eigenvalue weighted by atomic mass is 10.1. The van der Waals surface area contributed by atoms with Gasteiger partial charge >= 0.3 is 0 Å². The average Bonchev–Trinajstić information content (AvgIpc) is 2.53. The summed E-state index contributed by atoms with van der Waals surface area (Å²) in [5, 5.41) is 2.91. The number of hydrogen-bond donors (Lipinski definition) is 1. The van der Waals surface area contributed by atoms with Crippen LogP contribution >= 0.6 is 46.4 Å². The lowest BCUT2D eigenvalue weighted by molar-refractivity contribution is 0.0833. The molecule has 0 radical (unpaired) electrons. The monoisotopic (exact) mass is 419 g/mol. The third-order valence-electron chi connectivity index (χ3n) is 3.16. The predicted molar refractivity (Wildman–Crippen MR) is 100 cm³/mol. The summed E-state index contributed by atoms with van der Waals surface area (Å²) in [4.78, 5) is 23.6. The van der Waals surface area contributed by atoms with Crippen molar-refractivity contribution >= 4 is 58.1 Å². The fourth-order valence-corrected chi connectivity index (χ4v) is 2.40. The summed E-state index contributed by atoms with van der Waals surface area (Å²) in [7, 11) is 0. The molecule has 132 valence electrons. The number of hydrogen-bond acceptors (Lipinski definition) is 3. The van der Waals surface area contributed by atoms with E-state index in [2.05, 4.69) is 5.32 Å². The van der Waals surface area contributed by atoms with Crippen LogP contribution in [0, 0.1) is 0 Å². The van der Waals surface area contributed by atoms with Gasteiger partial charge in [0.05, 0.1) is 0 Å². The first-order valence-electron chi connectivity index (χ1n) is 7.07. The topological polar surface area (TPSA) is 55.4 Å². The molecule has 2 aromatic rings. The highest BCUT2D eigenvalue weighted by atomic mass is 35.6. The molecule has 4 nitrogen and oxygen atoms in total. The molecule has 1 unspecified atom stereocenters. The molecule has 0 aliphatic heterocycles. The highest BCUT2D eigenvalue weighted by Crippen LogP contribution is 2.32. The van der Waals surface area contributed by atoms with Crippen LogP contribution in [0.5, 0.6) is 5.75 Å². The van der Waals surface area contributed by atoms with Crippen molar-refractivity contribution in [3.63, 3.8) is 0 Å². The Morgan fingerprint density at radius 1 is 1.04 bits per heavy atom. The maximum absolute atomic E-state index is 12.3. The van der Waals surface area contributed by atoms with Crippen LogP contribution in [-0.4, -0.2) is 21.7 Å². The fraction of sp³-hybridized carbons (Fsp3) is 0.176. The van der Waals surface area contributed by atoms with Gasteiger partial charge < -0.3 is 10.1 Å². The van der Waals surface area contributed by atoms with Gasteiger partial charge in [-0.1, -0.05) is 52.5 Å². The third-order valence-corrected chi connectivity index (χ3v) is 3.99. The van der Waals surface area contributed by atoms with E-state index in [1.165, 1.54) is 13.0 Å². The van der Waals surface area contributed by atoms with Gasteiger partial charge in [0.25, 0.3) is 5.91 Å². The average molecular weight is 421 g/mol. The lowest BCUT2D eigenvalue weighted by Crippen LogP contribution is -2.47. The molecule has 0 aromatic heterocycles. The number of amides is 1. The van der Waals surface area contributed by atoms with Crippen LogP contribution in [0.15, 0.2) is 48.5 Å². The summed E-state index contributed by atoms with van der Waals surface area (Å²) in [6.45, 7) is 1.45. The standard InChI is InChI=1S/C17H13Cl4NO3/c1-10(23)11-5-7-14(8-6-11)25-16(17(19,20)21)22-15(24)12-3-2-4-13(18)9-12/h2-9,16H,1H3,(H,22,24). The second kappa shape index (κ2) is 8.28. The van der Waals surface area contributed by atoms with Gasteiger partial charge in [-0.05, 0) is 49.4 Å². The number of carbonyl (C=O) groups excluding carboxylic acids is 2. The van der Waals surface area contributed by atoms with E-state index in [9.17, 15) is 9.59 Å². The van der Waals surface area contributed by atoms with Gasteiger partial charge in [-0.15, -0.1) is 0 Å². The Morgan fingerprint density at radius 3 is 2.20 bits per heavy atom. The molecule has 0 spiro atoms. The quantitative estimate of drug-likeness (QED) is 0.418. The number of nitrogens with one attached hydrogen (secondary N) is 1.